The first kappa shape index (κ1) is 14.2. The van der Waals surface area contributed by atoms with Crippen LogP contribution in [0.15, 0.2) is 30.7 Å². The number of hydrogen-bond acceptors (Lipinski definition) is 4. The minimum Gasteiger partial charge on any atom is -0.333 e. The average Bonchev–Trinajstić information content (AvgIpc) is 2.95. The van der Waals surface area contributed by atoms with Crippen LogP contribution in [0.3, 0.4) is 0 Å². The SMILES string of the molecule is CC(CN1CCn2ccnc2C1)C(N)c1ccc(F)cn1. The van der Waals surface area contributed by atoms with Gasteiger partial charge in [-0.05, 0) is 18.1 Å². The largest absolute Gasteiger partial charge is 0.333 e. The molecule has 0 fully saturated rings. The third kappa shape index (κ3) is 3.11. The molecule has 2 N–H and O–H groups in total. The van der Waals surface area contributed by atoms with Crippen LogP contribution in [0.4, 0.5) is 4.39 Å². The molecule has 5 nitrogen and oxygen atoms in total. The van der Waals surface area contributed by atoms with Crippen LogP contribution < -0.4 is 5.73 Å². The monoisotopic (exact) mass is 289 g/mol. The van der Waals surface area contributed by atoms with Gasteiger partial charge in [0.25, 0.3) is 0 Å². The van der Waals surface area contributed by atoms with Crippen LogP contribution in [-0.4, -0.2) is 32.5 Å². The molecule has 0 amide bonds. The first-order chi connectivity index (χ1) is 10.1. The minimum absolute atomic E-state index is 0.188. The molecule has 0 saturated heterocycles. The lowest BCUT2D eigenvalue weighted by molar-refractivity contribution is 0.179. The Morgan fingerprint density at radius 1 is 1.33 bits per heavy atom. The summed E-state index contributed by atoms with van der Waals surface area (Å²) in [7, 11) is 0. The number of nitrogens with two attached hydrogens (primary N) is 1. The fraction of sp³-hybridized carbons (Fsp3) is 0.467. The highest BCUT2D eigenvalue weighted by Gasteiger charge is 2.22. The lowest BCUT2D eigenvalue weighted by Crippen LogP contribution is -2.39. The summed E-state index contributed by atoms with van der Waals surface area (Å²) in [6.45, 7) is 5.80. The molecule has 2 atom stereocenters. The van der Waals surface area contributed by atoms with Gasteiger partial charge in [-0.1, -0.05) is 6.92 Å². The highest BCUT2D eigenvalue weighted by molar-refractivity contribution is 5.10. The van der Waals surface area contributed by atoms with E-state index < -0.39 is 0 Å². The summed E-state index contributed by atoms with van der Waals surface area (Å²) >= 11 is 0. The molecule has 0 saturated carbocycles. The molecule has 0 aromatic carbocycles. The number of imidazole rings is 1. The molecule has 1 aliphatic heterocycles. The second kappa shape index (κ2) is 5.91. The zero-order valence-corrected chi connectivity index (χ0v) is 12.1. The minimum atomic E-state index is -0.332. The van der Waals surface area contributed by atoms with E-state index in [-0.39, 0.29) is 17.8 Å². The second-order valence-corrected chi connectivity index (χ2v) is 5.68. The zero-order valence-electron chi connectivity index (χ0n) is 12.1. The molecule has 2 aromatic rings. The standard InChI is InChI=1S/C15H20FN5/c1-11(15(17)13-3-2-12(16)8-19-13)9-20-6-7-21-5-4-18-14(21)10-20/h2-5,8,11,15H,6-7,9-10,17H2,1H3. The number of halogens is 1. The van der Waals surface area contributed by atoms with Gasteiger partial charge in [-0.3, -0.25) is 9.88 Å². The molecule has 1 aliphatic rings. The maximum Gasteiger partial charge on any atom is 0.141 e. The van der Waals surface area contributed by atoms with Gasteiger partial charge in [0.15, 0.2) is 0 Å². The van der Waals surface area contributed by atoms with Gasteiger partial charge in [-0.2, -0.15) is 0 Å². The molecule has 0 spiro atoms. The van der Waals surface area contributed by atoms with E-state index in [1.807, 2.05) is 12.4 Å². The lowest BCUT2D eigenvalue weighted by atomic mass is 9.98. The summed E-state index contributed by atoms with van der Waals surface area (Å²) < 4.78 is 15.1. The fourth-order valence-electron chi connectivity index (χ4n) is 2.78. The van der Waals surface area contributed by atoms with E-state index in [4.69, 9.17) is 5.73 Å². The number of hydrogen-bond donors (Lipinski definition) is 1. The van der Waals surface area contributed by atoms with Crippen LogP contribution in [0.1, 0.15) is 24.5 Å². The summed E-state index contributed by atoms with van der Waals surface area (Å²) in [5.41, 5.74) is 6.99. The molecule has 3 rings (SSSR count). The Morgan fingerprint density at radius 2 is 2.19 bits per heavy atom. The Hall–Kier alpha value is -1.79. The summed E-state index contributed by atoms with van der Waals surface area (Å²) in [4.78, 5) is 10.8. The maximum absolute atomic E-state index is 12.9. The van der Waals surface area contributed by atoms with E-state index in [1.54, 1.807) is 6.07 Å². The van der Waals surface area contributed by atoms with E-state index in [0.29, 0.717) is 0 Å². The Morgan fingerprint density at radius 3 is 2.95 bits per heavy atom. The van der Waals surface area contributed by atoms with Crippen molar-refractivity contribution in [3.63, 3.8) is 0 Å². The first-order valence-electron chi connectivity index (χ1n) is 7.23. The van der Waals surface area contributed by atoms with Crippen LogP contribution in [0, 0.1) is 11.7 Å². The van der Waals surface area contributed by atoms with Crippen LogP contribution in [0.25, 0.3) is 0 Å². The first-order valence-corrected chi connectivity index (χ1v) is 7.23. The maximum atomic E-state index is 12.9. The second-order valence-electron chi connectivity index (χ2n) is 5.68. The lowest BCUT2D eigenvalue weighted by Gasteiger charge is -2.31. The van der Waals surface area contributed by atoms with Crippen molar-refractivity contribution in [2.24, 2.45) is 11.7 Å². The van der Waals surface area contributed by atoms with Crippen molar-refractivity contribution >= 4 is 0 Å². The van der Waals surface area contributed by atoms with Crippen molar-refractivity contribution in [2.75, 3.05) is 13.1 Å². The zero-order chi connectivity index (χ0) is 14.8. The van der Waals surface area contributed by atoms with Crippen LogP contribution in [0.5, 0.6) is 0 Å². The highest BCUT2D eigenvalue weighted by atomic mass is 19.1. The molecule has 112 valence electrons. The third-order valence-electron chi connectivity index (χ3n) is 4.07. The van der Waals surface area contributed by atoms with Crippen molar-refractivity contribution in [2.45, 2.75) is 26.1 Å². The Labute approximate surface area is 123 Å². The van der Waals surface area contributed by atoms with Crippen LogP contribution >= 0.6 is 0 Å². The number of rotatable bonds is 4. The van der Waals surface area contributed by atoms with Gasteiger partial charge >= 0.3 is 0 Å². The third-order valence-corrected chi connectivity index (χ3v) is 4.07. The highest BCUT2D eigenvalue weighted by Crippen LogP contribution is 2.20. The van der Waals surface area contributed by atoms with Crippen LogP contribution in [-0.2, 0) is 13.1 Å². The Bertz CT molecular complexity index is 594. The van der Waals surface area contributed by atoms with Gasteiger partial charge in [0.1, 0.15) is 11.6 Å². The number of pyridine rings is 1. The smallest absolute Gasteiger partial charge is 0.141 e. The van der Waals surface area contributed by atoms with Crippen molar-refractivity contribution in [3.05, 3.63) is 48.1 Å². The van der Waals surface area contributed by atoms with E-state index in [0.717, 1.165) is 37.7 Å². The normalized spacial score (nSPS) is 18.2. The molecule has 2 unspecified atom stereocenters. The van der Waals surface area contributed by atoms with Crippen LogP contribution in [0.2, 0.25) is 0 Å². The van der Waals surface area contributed by atoms with E-state index in [1.165, 1.54) is 12.3 Å². The predicted octanol–water partition coefficient (Wildman–Crippen LogP) is 1.57. The molecular formula is C15H20FN5. The molecule has 6 heteroatoms. The van der Waals surface area contributed by atoms with Crippen molar-refractivity contribution in [3.8, 4) is 0 Å². The Balaban J connectivity index is 1.61. The number of fused-ring (bicyclic) bond motifs is 1. The van der Waals surface area contributed by atoms with Gasteiger partial charge in [0, 0.05) is 32.0 Å². The van der Waals surface area contributed by atoms with E-state index in [9.17, 15) is 4.39 Å². The van der Waals surface area contributed by atoms with Gasteiger partial charge in [0.2, 0.25) is 0 Å². The molecule has 21 heavy (non-hydrogen) atoms. The van der Waals surface area contributed by atoms with Gasteiger partial charge in [-0.25, -0.2) is 9.37 Å². The fourth-order valence-corrected chi connectivity index (χ4v) is 2.78. The summed E-state index contributed by atoms with van der Waals surface area (Å²) in [5, 5.41) is 0. The summed E-state index contributed by atoms with van der Waals surface area (Å²) in [5.74, 6) is 1.01. The van der Waals surface area contributed by atoms with Crippen molar-refractivity contribution < 1.29 is 4.39 Å². The predicted molar refractivity (Wildman–Crippen MR) is 77.8 cm³/mol. The van der Waals surface area contributed by atoms with Gasteiger partial charge < -0.3 is 10.3 Å². The topological polar surface area (TPSA) is 60.0 Å². The summed E-state index contributed by atoms with van der Waals surface area (Å²) in [6, 6.07) is 2.89. The molecule has 0 radical (unpaired) electrons. The van der Waals surface area contributed by atoms with Crippen molar-refractivity contribution in [1.82, 2.24) is 19.4 Å². The number of nitrogens with zero attached hydrogens (tertiary/aromatic N) is 4. The summed E-state index contributed by atoms with van der Waals surface area (Å²) in [6.07, 6.45) is 5.08. The quantitative estimate of drug-likeness (QED) is 0.928. The van der Waals surface area contributed by atoms with Gasteiger partial charge in [0.05, 0.1) is 24.5 Å². The van der Waals surface area contributed by atoms with E-state index >= 15 is 0 Å². The molecule has 0 bridgehead atoms. The molecule has 2 aromatic heterocycles. The average molecular weight is 289 g/mol. The molecule has 0 aliphatic carbocycles. The van der Waals surface area contributed by atoms with Crippen molar-refractivity contribution in [1.29, 1.82) is 0 Å². The Kier molecular flexibility index (Phi) is 3.98. The van der Waals surface area contributed by atoms with Gasteiger partial charge in [-0.15, -0.1) is 0 Å². The molecule has 3 heterocycles. The molecular weight excluding hydrogens is 269 g/mol. The number of aromatic nitrogens is 3. The van der Waals surface area contributed by atoms with E-state index in [2.05, 4.69) is 26.4 Å².